The molecule has 6 heteroatoms. The van der Waals surface area contributed by atoms with Gasteiger partial charge in [-0.15, -0.1) is 0 Å². The first-order valence-corrected chi connectivity index (χ1v) is 11.8. The molecular weight excluding hydrogens is 381 g/mol. The zero-order valence-corrected chi connectivity index (χ0v) is 17.8. The molecule has 164 valence electrons. The van der Waals surface area contributed by atoms with Crippen LogP contribution in [0.2, 0.25) is 0 Å². The maximum absolute atomic E-state index is 13.5. The molecule has 0 N–H and O–H groups in total. The molecule has 1 aromatic rings. The van der Waals surface area contributed by atoms with Gasteiger partial charge in [-0.05, 0) is 62.3 Å². The highest BCUT2D eigenvalue weighted by Crippen LogP contribution is 2.34. The van der Waals surface area contributed by atoms with E-state index in [0.717, 1.165) is 64.1 Å². The normalized spacial score (nSPS) is 28.9. The first-order chi connectivity index (χ1) is 14.7. The van der Waals surface area contributed by atoms with Crippen LogP contribution in [-0.4, -0.2) is 78.1 Å². The van der Waals surface area contributed by atoms with E-state index in [1.54, 1.807) is 12.1 Å². The summed E-state index contributed by atoms with van der Waals surface area (Å²) in [6.45, 7) is 5.66. The maximum atomic E-state index is 13.5. The maximum Gasteiger partial charge on any atom is 0.240 e. The summed E-state index contributed by atoms with van der Waals surface area (Å²) in [6, 6.07) is 6.90. The molecule has 5 rings (SSSR count). The number of hydrogen-bond acceptors (Lipinski definition) is 4. The molecule has 0 bridgehead atoms. The lowest BCUT2D eigenvalue weighted by molar-refractivity contribution is -0.136. The van der Waals surface area contributed by atoms with E-state index in [4.69, 9.17) is 4.74 Å². The summed E-state index contributed by atoms with van der Waals surface area (Å²) in [6.07, 6.45) is 8.36. The molecule has 0 spiro atoms. The molecule has 2 aliphatic carbocycles. The Morgan fingerprint density at radius 1 is 1.00 bits per heavy atom. The highest BCUT2D eigenvalue weighted by molar-refractivity contribution is 5.82. The molecule has 30 heavy (non-hydrogen) atoms. The minimum atomic E-state index is -0.255. The molecule has 1 aromatic carbocycles. The lowest BCUT2D eigenvalue weighted by atomic mass is 9.91. The van der Waals surface area contributed by atoms with Crippen molar-refractivity contribution in [2.24, 2.45) is 5.92 Å². The third kappa shape index (κ3) is 4.65. The van der Waals surface area contributed by atoms with Crippen molar-refractivity contribution >= 4 is 5.91 Å². The van der Waals surface area contributed by atoms with Gasteiger partial charge >= 0.3 is 0 Å². The average molecular weight is 416 g/mol. The van der Waals surface area contributed by atoms with Gasteiger partial charge in [0.05, 0.1) is 6.04 Å². The number of carbonyl (C=O) groups is 1. The van der Waals surface area contributed by atoms with E-state index in [1.807, 2.05) is 0 Å². The second kappa shape index (κ2) is 8.83. The minimum Gasteiger partial charge on any atom is -0.489 e. The van der Waals surface area contributed by atoms with E-state index in [9.17, 15) is 9.18 Å². The summed E-state index contributed by atoms with van der Waals surface area (Å²) in [7, 11) is 0. The highest BCUT2D eigenvalue weighted by atomic mass is 19.1. The SMILES string of the molecule is O=C([C@H]1C[C@H](Oc2ccc(F)cc2)CN1CC1CC1)N1CCCN(C2CCC2)CC1. The van der Waals surface area contributed by atoms with Gasteiger partial charge in [0, 0.05) is 51.7 Å². The highest BCUT2D eigenvalue weighted by Gasteiger charge is 2.42. The number of amides is 1. The van der Waals surface area contributed by atoms with Crippen molar-refractivity contribution in [3.63, 3.8) is 0 Å². The smallest absolute Gasteiger partial charge is 0.240 e. The molecule has 1 amide bonds. The second-order valence-corrected chi connectivity index (χ2v) is 9.64. The number of halogens is 1. The molecule has 2 saturated carbocycles. The van der Waals surface area contributed by atoms with E-state index < -0.39 is 0 Å². The lowest BCUT2D eigenvalue weighted by Crippen LogP contribution is -2.48. The number of nitrogens with zero attached hydrogens (tertiary/aromatic N) is 3. The second-order valence-electron chi connectivity index (χ2n) is 9.64. The quantitative estimate of drug-likeness (QED) is 0.715. The van der Waals surface area contributed by atoms with Crippen molar-refractivity contribution in [1.29, 1.82) is 0 Å². The summed E-state index contributed by atoms with van der Waals surface area (Å²) < 4.78 is 19.3. The van der Waals surface area contributed by atoms with Crippen LogP contribution in [0.15, 0.2) is 24.3 Å². The number of hydrogen-bond donors (Lipinski definition) is 0. The number of rotatable bonds is 6. The Labute approximate surface area is 179 Å². The molecule has 0 radical (unpaired) electrons. The Bertz CT molecular complexity index is 734. The van der Waals surface area contributed by atoms with Crippen LogP contribution in [0, 0.1) is 11.7 Å². The lowest BCUT2D eigenvalue weighted by Gasteiger charge is -2.37. The fourth-order valence-electron chi connectivity index (χ4n) is 5.23. The third-order valence-corrected chi connectivity index (χ3v) is 7.39. The number of benzene rings is 1. The van der Waals surface area contributed by atoms with Crippen LogP contribution in [0.5, 0.6) is 5.75 Å². The van der Waals surface area contributed by atoms with Crippen molar-refractivity contribution in [2.75, 3.05) is 39.3 Å². The van der Waals surface area contributed by atoms with E-state index in [0.29, 0.717) is 5.75 Å². The predicted molar refractivity (Wildman–Crippen MR) is 114 cm³/mol. The van der Waals surface area contributed by atoms with Crippen molar-refractivity contribution in [2.45, 2.75) is 63.1 Å². The van der Waals surface area contributed by atoms with Crippen molar-refractivity contribution in [3.05, 3.63) is 30.1 Å². The summed E-state index contributed by atoms with van der Waals surface area (Å²) >= 11 is 0. The summed E-state index contributed by atoms with van der Waals surface area (Å²) in [5, 5.41) is 0. The topological polar surface area (TPSA) is 36.0 Å². The molecule has 2 saturated heterocycles. The zero-order chi connectivity index (χ0) is 20.5. The van der Waals surface area contributed by atoms with Gasteiger partial charge in [0.2, 0.25) is 5.91 Å². The Kier molecular flexibility index (Phi) is 5.96. The van der Waals surface area contributed by atoms with Gasteiger partial charge in [-0.2, -0.15) is 0 Å². The zero-order valence-electron chi connectivity index (χ0n) is 17.8. The summed E-state index contributed by atoms with van der Waals surface area (Å²) in [5.41, 5.74) is 0. The molecule has 2 heterocycles. The van der Waals surface area contributed by atoms with Crippen molar-refractivity contribution in [1.82, 2.24) is 14.7 Å². The van der Waals surface area contributed by atoms with Crippen LogP contribution >= 0.6 is 0 Å². The Morgan fingerprint density at radius 2 is 1.80 bits per heavy atom. The largest absolute Gasteiger partial charge is 0.489 e. The molecule has 0 aromatic heterocycles. The van der Waals surface area contributed by atoms with Gasteiger partial charge in [-0.25, -0.2) is 4.39 Å². The molecule has 2 aliphatic heterocycles. The average Bonchev–Trinajstić information content (AvgIpc) is 3.46. The van der Waals surface area contributed by atoms with Crippen LogP contribution in [0.3, 0.4) is 0 Å². The molecule has 2 atom stereocenters. The Morgan fingerprint density at radius 3 is 2.50 bits per heavy atom. The van der Waals surface area contributed by atoms with Crippen LogP contribution in [0.25, 0.3) is 0 Å². The molecule has 4 aliphatic rings. The van der Waals surface area contributed by atoms with Gasteiger partial charge in [-0.1, -0.05) is 6.42 Å². The van der Waals surface area contributed by atoms with Gasteiger partial charge in [0.25, 0.3) is 0 Å². The third-order valence-electron chi connectivity index (χ3n) is 7.39. The molecule has 5 nitrogen and oxygen atoms in total. The van der Waals surface area contributed by atoms with Crippen LogP contribution in [0.1, 0.15) is 44.9 Å². The first-order valence-electron chi connectivity index (χ1n) is 11.8. The Balaban J connectivity index is 1.22. The Hall–Kier alpha value is -1.66. The van der Waals surface area contributed by atoms with Gasteiger partial charge in [0.15, 0.2) is 0 Å². The van der Waals surface area contributed by atoms with Crippen LogP contribution < -0.4 is 4.74 Å². The van der Waals surface area contributed by atoms with Crippen LogP contribution in [-0.2, 0) is 4.79 Å². The monoisotopic (exact) mass is 415 g/mol. The van der Waals surface area contributed by atoms with Gasteiger partial charge < -0.3 is 9.64 Å². The number of carbonyl (C=O) groups excluding carboxylic acids is 1. The molecule has 4 fully saturated rings. The number of likely N-dealkylation sites (tertiary alicyclic amines) is 1. The summed E-state index contributed by atoms with van der Waals surface area (Å²) in [5.74, 6) is 1.46. The van der Waals surface area contributed by atoms with E-state index in [2.05, 4.69) is 14.7 Å². The van der Waals surface area contributed by atoms with E-state index in [1.165, 1.54) is 44.2 Å². The van der Waals surface area contributed by atoms with Crippen molar-refractivity contribution in [3.8, 4) is 5.75 Å². The molecular formula is C24H34FN3O2. The fourth-order valence-corrected chi connectivity index (χ4v) is 5.23. The van der Waals surface area contributed by atoms with Crippen molar-refractivity contribution < 1.29 is 13.9 Å². The standard InChI is InChI=1S/C24H34FN3O2/c25-19-7-9-21(10-8-19)30-22-15-23(28(17-22)16-18-5-6-18)24(29)27-12-2-11-26(13-14-27)20-3-1-4-20/h7-10,18,20,22-23H,1-6,11-17H2/t22-,23+/m0/s1. The minimum absolute atomic E-state index is 0.0124. The number of ether oxygens (including phenoxy) is 1. The van der Waals surface area contributed by atoms with E-state index >= 15 is 0 Å². The van der Waals surface area contributed by atoms with E-state index in [-0.39, 0.29) is 23.9 Å². The van der Waals surface area contributed by atoms with Gasteiger partial charge in [0.1, 0.15) is 17.7 Å². The van der Waals surface area contributed by atoms with Crippen LogP contribution in [0.4, 0.5) is 4.39 Å². The summed E-state index contributed by atoms with van der Waals surface area (Å²) in [4.78, 5) is 20.6. The first kappa shape index (κ1) is 20.3. The van der Waals surface area contributed by atoms with Gasteiger partial charge in [-0.3, -0.25) is 14.6 Å². The molecule has 0 unspecified atom stereocenters. The predicted octanol–water partition coefficient (Wildman–Crippen LogP) is 3.14. The fraction of sp³-hybridized carbons (Fsp3) is 0.708.